The minimum atomic E-state index is -0.465. The Kier molecular flexibility index (Phi) is 4.68. The summed E-state index contributed by atoms with van der Waals surface area (Å²) in [4.78, 5) is 2.37. The molecule has 0 bridgehead atoms. The Morgan fingerprint density at radius 2 is 1.94 bits per heavy atom. The molecule has 0 aromatic rings. The molecule has 2 atom stereocenters. The lowest BCUT2D eigenvalue weighted by Crippen LogP contribution is -2.49. The highest BCUT2D eigenvalue weighted by molar-refractivity contribution is 4.89. The fourth-order valence-corrected chi connectivity index (χ4v) is 3.50. The molecule has 2 fully saturated rings. The van der Waals surface area contributed by atoms with Gasteiger partial charge in [-0.25, -0.2) is 0 Å². The summed E-state index contributed by atoms with van der Waals surface area (Å²) in [5.74, 6) is 1.17. The van der Waals surface area contributed by atoms with E-state index in [0.29, 0.717) is 5.92 Å². The van der Waals surface area contributed by atoms with E-state index in [2.05, 4.69) is 11.8 Å². The maximum absolute atomic E-state index is 10.7. The predicted molar refractivity (Wildman–Crippen MR) is 73.4 cm³/mol. The molecule has 1 heterocycles. The van der Waals surface area contributed by atoms with Crippen molar-refractivity contribution in [2.75, 3.05) is 19.6 Å². The van der Waals surface area contributed by atoms with E-state index in [1.165, 1.54) is 0 Å². The van der Waals surface area contributed by atoms with Crippen LogP contribution in [0.25, 0.3) is 0 Å². The van der Waals surface area contributed by atoms with Crippen LogP contribution >= 0.6 is 0 Å². The van der Waals surface area contributed by atoms with Crippen LogP contribution < -0.4 is 0 Å². The number of hydrogen-bond acceptors (Lipinski definition) is 3. The molecule has 3 heteroatoms. The molecular formula is C15H29NO2. The summed E-state index contributed by atoms with van der Waals surface area (Å²) >= 11 is 0. The van der Waals surface area contributed by atoms with Crippen molar-refractivity contribution in [1.82, 2.24) is 4.90 Å². The Bertz CT molecular complexity index is 259. The number of aliphatic hydroxyl groups excluding tert-OH is 1. The van der Waals surface area contributed by atoms with Crippen molar-refractivity contribution in [3.05, 3.63) is 0 Å². The highest BCUT2D eigenvalue weighted by Crippen LogP contribution is 2.33. The molecule has 0 aromatic carbocycles. The molecule has 1 saturated carbocycles. The first kappa shape index (κ1) is 14.3. The zero-order valence-electron chi connectivity index (χ0n) is 11.9. The van der Waals surface area contributed by atoms with Gasteiger partial charge < -0.3 is 15.1 Å². The zero-order valence-corrected chi connectivity index (χ0v) is 11.9. The minimum absolute atomic E-state index is 0.214. The molecular weight excluding hydrogens is 226 g/mol. The average Bonchev–Trinajstić information content (AvgIpc) is 2.33. The highest BCUT2D eigenvalue weighted by Gasteiger charge is 2.35. The van der Waals surface area contributed by atoms with Crippen molar-refractivity contribution in [1.29, 1.82) is 0 Å². The van der Waals surface area contributed by atoms with E-state index in [0.717, 1.165) is 64.1 Å². The molecule has 106 valence electrons. The van der Waals surface area contributed by atoms with Crippen molar-refractivity contribution in [3.63, 3.8) is 0 Å². The fourth-order valence-electron chi connectivity index (χ4n) is 3.50. The van der Waals surface area contributed by atoms with Crippen molar-refractivity contribution in [2.24, 2.45) is 11.8 Å². The summed E-state index contributed by atoms with van der Waals surface area (Å²) in [5, 5.41) is 20.4. The Hall–Kier alpha value is -0.120. The minimum Gasteiger partial charge on any atom is -0.393 e. The largest absolute Gasteiger partial charge is 0.393 e. The number of rotatable bonds is 3. The molecule has 1 saturated heterocycles. The first-order chi connectivity index (χ1) is 8.48. The van der Waals surface area contributed by atoms with Gasteiger partial charge in [-0.1, -0.05) is 6.92 Å². The van der Waals surface area contributed by atoms with Crippen LogP contribution in [0.4, 0.5) is 0 Å². The Morgan fingerprint density at radius 1 is 1.28 bits per heavy atom. The predicted octanol–water partition coefficient (Wildman–Crippen LogP) is 2.02. The van der Waals surface area contributed by atoms with E-state index in [4.69, 9.17) is 0 Å². The third kappa shape index (κ3) is 3.69. The summed E-state index contributed by atoms with van der Waals surface area (Å²) in [7, 11) is 0. The van der Waals surface area contributed by atoms with Gasteiger partial charge in [-0.15, -0.1) is 0 Å². The third-order valence-electron chi connectivity index (χ3n) is 4.95. The van der Waals surface area contributed by atoms with Gasteiger partial charge in [0.15, 0.2) is 0 Å². The second kappa shape index (κ2) is 5.89. The molecule has 2 unspecified atom stereocenters. The molecule has 0 amide bonds. The third-order valence-corrected chi connectivity index (χ3v) is 4.95. The molecule has 0 spiro atoms. The Morgan fingerprint density at radius 3 is 2.56 bits per heavy atom. The van der Waals surface area contributed by atoms with Crippen LogP contribution in [0, 0.1) is 11.8 Å². The van der Waals surface area contributed by atoms with Crippen molar-refractivity contribution in [3.8, 4) is 0 Å². The number of β-amino-alcohol motifs (C(OH)–C–C–N with tert-alkyl or cyclic N) is 1. The maximum Gasteiger partial charge on any atom is 0.0774 e. The average molecular weight is 255 g/mol. The van der Waals surface area contributed by atoms with Crippen LogP contribution in [0.2, 0.25) is 0 Å². The summed E-state index contributed by atoms with van der Waals surface area (Å²) in [6, 6.07) is 0. The quantitative estimate of drug-likeness (QED) is 0.811. The topological polar surface area (TPSA) is 43.7 Å². The van der Waals surface area contributed by atoms with Gasteiger partial charge in [-0.05, 0) is 63.8 Å². The van der Waals surface area contributed by atoms with Gasteiger partial charge in [-0.2, -0.15) is 0 Å². The van der Waals surface area contributed by atoms with Crippen LogP contribution in [0.3, 0.4) is 0 Å². The molecule has 0 aromatic heterocycles. The van der Waals surface area contributed by atoms with Crippen molar-refractivity contribution >= 4 is 0 Å². The number of likely N-dealkylation sites (tertiary alicyclic amines) is 1. The summed E-state index contributed by atoms with van der Waals surface area (Å²) < 4.78 is 0. The van der Waals surface area contributed by atoms with E-state index in [1.807, 2.05) is 6.92 Å². The first-order valence-electron chi connectivity index (χ1n) is 7.61. The molecule has 18 heavy (non-hydrogen) atoms. The summed E-state index contributed by atoms with van der Waals surface area (Å²) in [5.41, 5.74) is -0.465. The van der Waals surface area contributed by atoms with E-state index in [-0.39, 0.29) is 6.10 Å². The Balaban J connectivity index is 1.85. The van der Waals surface area contributed by atoms with Gasteiger partial charge in [0.2, 0.25) is 0 Å². The second-order valence-electron chi connectivity index (χ2n) is 6.78. The maximum atomic E-state index is 10.7. The molecule has 2 rings (SSSR count). The van der Waals surface area contributed by atoms with E-state index >= 15 is 0 Å². The van der Waals surface area contributed by atoms with Crippen LogP contribution in [0.15, 0.2) is 0 Å². The molecule has 1 aliphatic carbocycles. The van der Waals surface area contributed by atoms with Crippen LogP contribution in [-0.2, 0) is 0 Å². The first-order valence-corrected chi connectivity index (χ1v) is 7.61. The van der Waals surface area contributed by atoms with Gasteiger partial charge in [-0.3, -0.25) is 0 Å². The van der Waals surface area contributed by atoms with Gasteiger partial charge in [0.25, 0.3) is 0 Å². The Labute approximate surface area is 111 Å². The SMILES string of the molecule is CC1CCC(O)(CN2CCCC(C(C)O)C2)CC1. The standard InChI is InChI=1S/C15H29NO2/c1-12-5-7-15(18,8-6-12)11-16-9-3-4-14(10-16)13(2)17/h12-14,17-18H,3-11H2,1-2H3. The van der Waals surface area contributed by atoms with Gasteiger partial charge >= 0.3 is 0 Å². The van der Waals surface area contributed by atoms with Crippen molar-refractivity contribution < 1.29 is 10.2 Å². The van der Waals surface area contributed by atoms with E-state index in [1.54, 1.807) is 0 Å². The summed E-state index contributed by atoms with van der Waals surface area (Å²) in [6.45, 7) is 7.02. The van der Waals surface area contributed by atoms with Gasteiger partial charge in [0.05, 0.1) is 11.7 Å². The van der Waals surface area contributed by atoms with Gasteiger partial charge in [0.1, 0.15) is 0 Å². The fraction of sp³-hybridized carbons (Fsp3) is 1.00. The van der Waals surface area contributed by atoms with Crippen LogP contribution in [-0.4, -0.2) is 46.5 Å². The van der Waals surface area contributed by atoms with Crippen LogP contribution in [0.5, 0.6) is 0 Å². The summed E-state index contributed by atoms with van der Waals surface area (Å²) in [6.07, 6.45) is 6.28. The normalized spacial score (nSPS) is 40.7. The highest BCUT2D eigenvalue weighted by atomic mass is 16.3. The van der Waals surface area contributed by atoms with E-state index < -0.39 is 5.60 Å². The smallest absolute Gasteiger partial charge is 0.0774 e. The zero-order chi connectivity index (χ0) is 13.2. The molecule has 2 N–H and O–H groups in total. The lowest BCUT2D eigenvalue weighted by Gasteiger charge is -2.42. The molecule has 3 nitrogen and oxygen atoms in total. The molecule has 1 aliphatic heterocycles. The van der Waals surface area contributed by atoms with Crippen molar-refractivity contribution in [2.45, 2.75) is 64.1 Å². The lowest BCUT2D eigenvalue weighted by atomic mass is 9.79. The van der Waals surface area contributed by atoms with E-state index in [9.17, 15) is 10.2 Å². The van der Waals surface area contributed by atoms with Gasteiger partial charge in [0, 0.05) is 13.1 Å². The molecule has 0 radical (unpaired) electrons. The number of hydrogen-bond donors (Lipinski definition) is 2. The number of piperidine rings is 1. The monoisotopic (exact) mass is 255 g/mol. The van der Waals surface area contributed by atoms with Crippen LogP contribution in [0.1, 0.15) is 52.4 Å². The number of aliphatic hydroxyl groups is 2. The number of nitrogens with zero attached hydrogens (tertiary/aromatic N) is 1. The second-order valence-corrected chi connectivity index (χ2v) is 6.78. The lowest BCUT2D eigenvalue weighted by molar-refractivity contribution is -0.0489. The molecule has 2 aliphatic rings.